The molecule has 116 valence electrons. The number of aromatic nitrogens is 2. The lowest BCUT2D eigenvalue weighted by atomic mass is 10.1. The quantitative estimate of drug-likeness (QED) is 0.723. The van der Waals surface area contributed by atoms with Crippen molar-refractivity contribution in [2.75, 3.05) is 11.1 Å². The SMILES string of the molecule is Cn1nc(-c2ccccc2N)cc1NC(=O)c1ccccc1Cl. The van der Waals surface area contributed by atoms with Crippen molar-refractivity contribution in [3.63, 3.8) is 0 Å². The van der Waals surface area contributed by atoms with Crippen molar-refractivity contribution in [3.8, 4) is 11.3 Å². The van der Waals surface area contributed by atoms with Crippen molar-refractivity contribution >= 4 is 29.0 Å². The average Bonchev–Trinajstić information content (AvgIpc) is 2.89. The Labute approximate surface area is 138 Å². The Kier molecular flexibility index (Phi) is 4.04. The number of hydrogen-bond donors (Lipinski definition) is 2. The second-order valence-corrected chi connectivity index (χ2v) is 5.47. The number of halogens is 1. The minimum Gasteiger partial charge on any atom is -0.398 e. The summed E-state index contributed by atoms with van der Waals surface area (Å²) in [7, 11) is 1.75. The van der Waals surface area contributed by atoms with Crippen LogP contribution in [0.5, 0.6) is 0 Å². The van der Waals surface area contributed by atoms with E-state index in [4.69, 9.17) is 17.3 Å². The summed E-state index contributed by atoms with van der Waals surface area (Å²) in [5.74, 6) is 0.277. The van der Waals surface area contributed by atoms with Crippen LogP contribution < -0.4 is 11.1 Å². The molecule has 0 bridgehead atoms. The molecule has 3 rings (SSSR count). The number of benzene rings is 2. The topological polar surface area (TPSA) is 72.9 Å². The molecule has 2 aromatic carbocycles. The molecule has 23 heavy (non-hydrogen) atoms. The van der Waals surface area contributed by atoms with Crippen LogP contribution in [-0.4, -0.2) is 15.7 Å². The molecule has 0 saturated heterocycles. The van der Waals surface area contributed by atoms with Gasteiger partial charge in [-0.2, -0.15) is 5.10 Å². The second kappa shape index (κ2) is 6.14. The summed E-state index contributed by atoms with van der Waals surface area (Å²) in [5.41, 5.74) is 8.53. The number of carbonyl (C=O) groups excluding carboxylic acids is 1. The lowest BCUT2D eigenvalue weighted by Gasteiger charge is -2.06. The van der Waals surface area contributed by atoms with E-state index in [9.17, 15) is 4.79 Å². The summed E-state index contributed by atoms with van der Waals surface area (Å²) in [5, 5.41) is 7.62. The van der Waals surface area contributed by atoms with Gasteiger partial charge >= 0.3 is 0 Å². The molecule has 0 saturated carbocycles. The van der Waals surface area contributed by atoms with Crippen molar-refractivity contribution in [1.29, 1.82) is 0 Å². The lowest BCUT2D eigenvalue weighted by Crippen LogP contribution is -2.14. The zero-order valence-electron chi connectivity index (χ0n) is 12.5. The predicted octanol–water partition coefficient (Wildman–Crippen LogP) is 3.58. The first-order chi connectivity index (χ1) is 11.1. The van der Waals surface area contributed by atoms with Crippen LogP contribution in [-0.2, 0) is 7.05 Å². The van der Waals surface area contributed by atoms with E-state index in [1.807, 2.05) is 24.3 Å². The number of amides is 1. The summed E-state index contributed by atoms with van der Waals surface area (Å²) < 4.78 is 1.59. The Morgan fingerprint density at radius 2 is 1.87 bits per heavy atom. The standard InChI is InChI=1S/C17H15ClN4O/c1-22-16(20-17(23)11-6-2-4-8-13(11)18)10-15(21-22)12-7-3-5-9-14(12)19/h2-10H,19H2,1H3,(H,20,23). The molecule has 0 aliphatic rings. The number of hydrogen-bond acceptors (Lipinski definition) is 3. The van der Waals surface area contributed by atoms with Crippen LogP contribution in [0.2, 0.25) is 5.02 Å². The van der Waals surface area contributed by atoms with Crippen molar-refractivity contribution in [2.24, 2.45) is 7.05 Å². The van der Waals surface area contributed by atoms with Crippen LogP contribution in [0.4, 0.5) is 11.5 Å². The summed E-state index contributed by atoms with van der Waals surface area (Å²) in [4.78, 5) is 12.3. The number of nitrogen functional groups attached to an aromatic ring is 1. The lowest BCUT2D eigenvalue weighted by molar-refractivity contribution is 0.102. The number of para-hydroxylation sites is 1. The molecular formula is C17H15ClN4O. The molecule has 6 heteroatoms. The maximum absolute atomic E-state index is 12.3. The number of nitrogens with zero attached hydrogens (tertiary/aromatic N) is 2. The number of carbonyl (C=O) groups is 1. The predicted molar refractivity (Wildman–Crippen MR) is 92.5 cm³/mol. The molecular weight excluding hydrogens is 312 g/mol. The number of nitrogens with two attached hydrogens (primary N) is 1. The Morgan fingerprint density at radius 1 is 1.17 bits per heavy atom. The van der Waals surface area contributed by atoms with Gasteiger partial charge in [0, 0.05) is 24.4 Å². The largest absolute Gasteiger partial charge is 0.398 e. The van der Waals surface area contributed by atoms with Crippen LogP contribution in [0.15, 0.2) is 54.6 Å². The molecule has 0 aliphatic heterocycles. The summed E-state index contributed by atoms with van der Waals surface area (Å²) in [6.45, 7) is 0. The van der Waals surface area contributed by atoms with Gasteiger partial charge in [0.15, 0.2) is 0 Å². The second-order valence-electron chi connectivity index (χ2n) is 5.06. The molecule has 0 fully saturated rings. The van der Waals surface area contributed by atoms with E-state index >= 15 is 0 Å². The zero-order chi connectivity index (χ0) is 16.4. The molecule has 0 spiro atoms. The molecule has 0 unspecified atom stereocenters. The van der Waals surface area contributed by atoms with Gasteiger partial charge in [-0.25, -0.2) is 0 Å². The highest BCUT2D eigenvalue weighted by Crippen LogP contribution is 2.27. The van der Waals surface area contributed by atoms with Gasteiger partial charge in [-0.3, -0.25) is 9.48 Å². The van der Waals surface area contributed by atoms with E-state index in [2.05, 4.69) is 10.4 Å². The van der Waals surface area contributed by atoms with E-state index in [-0.39, 0.29) is 5.91 Å². The van der Waals surface area contributed by atoms with Gasteiger partial charge in [-0.15, -0.1) is 0 Å². The smallest absolute Gasteiger partial charge is 0.258 e. The average molecular weight is 327 g/mol. The third-order valence-corrected chi connectivity index (χ3v) is 3.81. The summed E-state index contributed by atoms with van der Waals surface area (Å²) in [6.07, 6.45) is 0. The first-order valence-corrected chi connectivity index (χ1v) is 7.39. The fourth-order valence-electron chi connectivity index (χ4n) is 2.28. The van der Waals surface area contributed by atoms with Gasteiger partial charge in [0.25, 0.3) is 5.91 Å². The summed E-state index contributed by atoms with van der Waals surface area (Å²) in [6, 6.07) is 16.1. The van der Waals surface area contributed by atoms with Crippen molar-refractivity contribution in [3.05, 3.63) is 65.2 Å². The maximum atomic E-state index is 12.3. The monoisotopic (exact) mass is 326 g/mol. The highest BCUT2D eigenvalue weighted by Gasteiger charge is 2.14. The minimum atomic E-state index is -0.286. The van der Waals surface area contributed by atoms with Gasteiger partial charge in [-0.1, -0.05) is 41.9 Å². The zero-order valence-corrected chi connectivity index (χ0v) is 13.2. The van der Waals surface area contributed by atoms with Gasteiger partial charge < -0.3 is 11.1 Å². The maximum Gasteiger partial charge on any atom is 0.258 e. The highest BCUT2D eigenvalue weighted by atomic mass is 35.5. The third kappa shape index (κ3) is 3.05. The molecule has 3 N–H and O–H groups in total. The number of anilines is 2. The molecule has 1 aromatic heterocycles. The Bertz CT molecular complexity index is 873. The number of rotatable bonds is 3. The van der Waals surface area contributed by atoms with Crippen molar-refractivity contribution < 1.29 is 4.79 Å². The molecule has 0 atom stereocenters. The molecule has 1 heterocycles. The Hall–Kier alpha value is -2.79. The molecule has 0 aliphatic carbocycles. The van der Waals surface area contributed by atoms with Crippen molar-refractivity contribution in [1.82, 2.24) is 9.78 Å². The van der Waals surface area contributed by atoms with E-state index in [1.165, 1.54) is 0 Å². The third-order valence-electron chi connectivity index (χ3n) is 3.48. The van der Waals surface area contributed by atoms with E-state index in [0.29, 0.717) is 27.8 Å². The van der Waals surface area contributed by atoms with Crippen LogP contribution in [0.1, 0.15) is 10.4 Å². The van der Waals surface area contributed by atoms with Gasteiger partial charge in [0.1, 0.15) is 5.82 Å². The van der Waals surface area contributed by atoms with Crippen LogP contribution in [0.3, 0.4) is 0 Å². The minimum absolute atomic E-state index is 0.286. The molecule has 0 radical (unpaired) electrons. The molecule has 5 nitrogen and oxygen atoms in total. The summed E-state index contributed by atoms with van der Waals surface area (Å²) >= 11 is 6.05. The van der Waals surface area contributed by atoms with Crippen LogP contribution >= 0.6 is 11.6 Å². The highest BCUT2D eigenvalue weighted by molar-refractivity contribution is 6.34. The van der Waals surface area contributed by atoms with Crippen LogP contribution in [0.25, 0.3) is 11.3 Å². The number of nitrogens with one attached hydrogen (secondary N) is 1. The van der Waals surface area contributed by atoms with E-state index in [1.54, 1.807) is 42.1 Å². The van der Waals surface area contributed by atoms with Gasteiger partial charge in [-0.05, 0) is 18.2 Å². The van der Waals surface area contributed by atoms with Crippen LogP contribution in [0, 0.1) is 0 Å². The van der Waals surface area contributed by atoms with Gasteiger partial charge in [0.05, 0.1) is 16.3 Å². The molecule has 3 aromatic rings. The molecule has 1 amide bonds. The first-order valence-electron chi connectivity index (χ1n) is 7.01. The number of aryl methyl sites for hydroxylation is 1. The Morgan fingerprint density at radius 3 is 2.61 bits per heavy atom. The Balaban J connectivity index is 1.89. The fraction of sp³-hybridized carbons (Fsp3) is 0.0588. The van der Waals surface area contributed by atoms with Gasteiger partial charge in [0.2, 0.25) is 0 Å². The fourth-order valence-corrected chi connectivity index (χ4v) is 2.50. The van der Waals surface area contributed by atoms with Crippen molar-refractivity contribution in [2.45, 2.75) is 0 Å². The normalized spacial score (nSPS) is 10.5. The first kappa shape index (κ1) is 15.1. The van der Waals surface area contributed by atoms with E-state index < -0.39 is 0 Å². The van der Waals surface area contributed by atoms with E-state index in [0.717, 1.165) is 5.56 Å².